The molecule has 19 heavy (non-hydrogen) atoms. The zero-order chi connectivity index (χ0) is 14.3. The normalized spacial score (nSPS) is 11.4. The maximum absolute atomic E-state index is 11.7. The first kappa shape index (κ1) is 16.0. The van der Waals surface area contributed by atoms with Crippen LogP contribution in [-0.4, -0.2) is 28.9 Å². The van der Waals surface area contributed by atoms with Gasteiger partial charge in [0.1, 0.15) is 10.6 Å². The molecule has 0 atom stereocenters. The molecule has 0 spiro atoms. The summed E-state index contributed by atoms with van der Waals surface area (Å²) in [6, 6.07) is 3.93. The minimum absolute atomic E-state index is 0.211. The minimum atomic E-state index is -0.436. The van der Waals surface area contributed by atoms with Gasteiger partial charge in [0, 0.05) is 12.7 Å². The molecular weight excluding hydrogens is 260 g/mol. The Morgan fingerprint density at radius 1 is 1.47 bits per heavy atom. The van der Waals surface area contributed by atoms with Gasteiger partial charge >= 0.3 is 5.97 Å². The van der Waals surface area contributed by atoms with E-state index in [-0.39, 0.29) is 11.7 Å². The number of esters is 1. The Labute approximate surface area is 119 Å². The lowest BCUT2D eigenvalue weighted by Gasteiger charge is -2.19. The highest BCUT2D eigenvalue weighted by molar-refractivity contribution is 7.99. The van der Waals surface area contributed by atoms with Crippen LogP contribution >= 0.6 is 11.8 Å². The molecule has 0 amide bonds. The summed E-state index contributed by atoms with van der Waals surface area (Å²) in [7, 11) is 0. The van der Waals surface area contributed by atoms with Crippen molar-refractivity contribution in [1.82, 2.24) is 10.3 Å². The summed E-state index contributed by atoms with van der Waals surface area (Å²) in [5.41, 5.74) is 0.673. The van der Waals surface area contributed by atoms with Crippen molar-refractivity contribution in [2.24, 2.45) is 0 Å². The highest BCUT2D eigenvalue weighted by Crippen LogP contribution is 2.21. The fourth-order valence-corrected chi connectivity index (χ4v) is 2.22. The highest BCUT2D eigenvalue weighted by atomic mass is 32.2. The Morgan fingerprint density at radius 2 is 2.21 bits per heavy atom. The fraction of sp³-hybridized carbons (Fsp3) is 0.571. The lowest BCUT2D eigenvalue weighted by atomic mass is 10.2. The second-order valence-electron chi connectivity index (χ2n) is 5.12. The molecule has 0 aliphatic rings. The molecule has 0 saturated heterocycles. The molecule has 0 aromatic carbocycles. The summed E-state index contributed by atoms with van der Waals surface area (Å²) in [5.74, 6) is 0.0745. The first-order valence-corrected chi connectivity index (χ1v) is 7.40. The van der Waals surface area contributed by atoms with Gasteiger partial charge in [-0.05, 0) is 38.9 Å². The number of aromatic nitrogens is 1. The quantitative estimate of drug-likeness (QED) is 0.642. The van der Waals surface area contributed by atoms with Crippen LogP contribution in [0.3, 0.4) is 0 Å². The van der Waals surface area contributed by atoms with E-state index in [1.165, 1.54) is 11.8 Å². The summed E-state index contributed by atoms with van der Waals surface area (Å²) in [5, 5.41) is 4.14. The molecule has 0 aliphatic carbocycles. The third-order valence-corrected chi connectivity index (χ3v) is 3.18. The van der Waals surface area contributed by atoms with Crippen LogP contribution in [0, 0.1) is 0 Å². The van der Waals surface area contributed by atoms with Gasteiger partial charge in [0.2, 0.25) is 0 Å². The van der Waals surface area contributed by atoms with Crippen LogP contribution in [0.2, 0.25) is 0 Å². The smallest absolute Gasteiger partial charge is 0.316 e. The van der Waals surface area contributed by atoms with E-state index in [0.717, 1.165) is 23.7 Å². The van der Waals surface area contributed by atoms with Crippen LogP contribution in [0.1, 0.15) is 33.3 Å². The zero-order valence-corrected chi connectivity index (χ0v) is 12.8. The summed E-state index contributed by atoms with van der Waals surface area (Å²) >= 11 is 1.42. The van der Waals surface area contributed by atoms with Crippen LogP contribution in [-0.2, 0) is 16.1 Å². The lowest BCUT2D eigenvalue weighted by molar-refractivity contribution is -0.151. The Kier molecular flexibility index (Phi) is 6.31. The summed E-state index contributed by atoms with van der Waals surface area (Å²) in [6.45, 7) is 9.34. The Bertz CT molecular complexity index is 416. The number of ether oxygens (including phenoxy) is 1. The molecule has 1 heterocycles. The predicted molar refractivity (Wildman–Crippen MR) is 78.2 cm³/mol. The molecule has 0 unspecified atom stereocenters. The van der Waals surface area contributed by atoms with E-state index in [0.29, 0.717) is 0 Å². The fourth-order valence-electron chi connectivity index (χ4n) is 1.45. The van der Waals surface area contributed by atoms with Gasteiger partial charge in [0.25, 0.3) is 0 Å². The average molecular weight is 282 g/mol. The summed E-state index contributed by atoms with van der Waals surface area (Å²) < 4.78 is 5.28. The van der Waals surface area contributed by atoms with Gasteiger partial charge < -0.3 is 10.1 Å². The van der Waals surface area contributed by atoms with Gasteiger partial charge in [-0.1, -0.05) is 24.8 Å². The van der Waals surface area contributed by atoms with Gasteiger partial charge in [0.05, 0.1) is 5.75 Å². The molecule has 0 fully saturated rings. The van der Waals surface area contributed by atoms with Crippen molar-refractivity contribution >= 4 is 17.7 Å². The van der Waals surface area contributed by atoms with Crippen molar-refractivity contribution in [3.8, 4) is 0 Å². The van der Waals surface area contributed by atoms with Crippen LogP contribution in [0.25, 0.3) is 0 Å². The molecule has 1 N–H and O–H groups in total. The van der Waals surface area contributed by atoms with Crippen molar-refractivity contribution in [1.29, 1.82) is 0 Å². The number of pyridine rings is 1. The number of rotatable bonds is 6. The monoisotopic (exact) mass is 282 g/mol. The van der Waals surface area contributed by atoms with Crippen molar-refractivity contribution < 1.29 is 9.53 Å². The van der Waals surface area contributed by atoms with Gasteiger partial charge in [0.15, 0.2) is 0 Å². The van der Waals surface area contributed by atoms with E-state index >= 15 is 0 Å². The van der Waals surface area contributed by atoms with Crippen LogP contribution in [0.15, 0.2) is 23.4 Å². The molecule has 4 nitrogen and oxygen atoms in total. The molecule has 0 saturated carbocycles. The zero-order valence-electron chi connectivity index (χ0n) is 12.0. The molecule has 1 rings (SSSR count). The predicted octanol–water partition coefficient (Wildman–Crippen LogP) is 2.62. The van der Waals surface area contributed by atoms with E-state index in [4.69, 9.17) is 4.74 Å². The number of nitrogens with one attached hydrogen (secondary N) is 1. The molecule has 1 aromatic heterocycles. The van der Waals surface area contributed by atoms with Crippen molar-refractivity contribution in [2.75, 3.05) is 12.3 Å². The van der Waals surface area contributed by atoms with E-state index in [2.05, 4.69) is 17.2 Å². The Balaban J connectivity index is 2.55. The SMILES string of the molecule is CCNCc1cccnc1SCC(=O)OC(C)(C)C. The number of thioether (sulfide) groups is 1. The summed E-state index contributed by atoms with van der Waals surface area (Å²) in [4.78, 5) is 16.0. The first-order chi connectivity index (χ1) is 8.92. The minimum Gasteiger partial charge on any atom is -0.459 e. The van der Waals surface area contributed by atoms with Gasteiger partial charge in [-0.15, -0.1) is 0 Å². The number of hydrogen-bond acceptors (Lipinski definition) is 5. The van der Waals surface area contributed by atoms with Gasteiger partial charge in [-0.2, -0.15) is 0 Å². The van der Waals surface area contributed by atoms with Crippen LogP contribution in [0.5, 0.6) is 0 Å². The molecule has 106 valence electrons. The topological polar surface area (TPSA) is 51.2 Å². The molecule has 0 bridgehead atoms. The van der Waals surface area contributed by atoms with Crippen molar-refractivity contribution in [3.63, 3.8) is 0 Å². The van der Waals surface area contributed by atoms with Crippen LogP contribution < -0.4 is 5.32 Å². The standard InChI is InChI=1S/C14H22N2O2S/c1-5-15-9-11-7-6-8-16-13(11)19-10-12(17)18-14(2,3)4/h6-8,15H,5,9-10H2,1-4H3. The molecule has 5 heteroatoms. The molecular formula is C14H22N2O2S. The number of nitrogens with zero attached hydrogens (tertiary/aromatic N) is 1. The molecule has 1 aromatic rings. The van der Waals surface area contributed by atoms with E-state index in [1.807, 2.05) is 32.9 Å². The maximum atomic E-state index is 11.7. The average Bonchev–Trinajstić information content (AvgIpc) is 2.32. The van der Waals surface area contributed by atoms with Gasteiger partial charge in [-0.3, -0.25) is 4.79 Å². The second kappa shape index (κ2) is 7.50. The largest absolute Gasteiger partial charge is 0.459 e. The van der Waals surface area contributed by atoms with E-state index < -0.39 is 5.60 Å². The number of hydrogen-bond donors (Lipinski definition) is 1. The first-order valence-electron chi connectivity index (χ1n) is 6.41. The second-order valence-corrected chi connectivity index (χ2v) is 6.09. The van der Waals surface area contributed by atoms with E-state index in [1.54, 1.807) is 6.20 Å². The van der Waals surface area contributed by atoms with Crippen molar-refractivity contribution in [2.45, 2.75) is 44.9 Å². The number of carbonyl (C=O) groups is 1. The summed E-state index contributed by atoms with van der Waals surface area (Å²) in [6.07, 6.45) is 1.74. The third-order valence-electron chi connectivity index (χ3n) is 2.16. The molecule has 0 radical (unpaired) electrons. The lowest BCUT2D eigenvalue weighted by Crippen LogP contribution is -2.25. The molecule has 0 aliphatic heterocycles. The van der Waals surface area contributed by atoms with E-state index in [9.17, 15) is 4.79 Å². The Morgan fingerprint density at radius 3 is 2.84 bits per heavy atom. The number of carbonyl (C=O) groups excluding carboxylic acids is 1. The highest BCUT2D eigenvalue weighted by Gasteiger charge is 2.17. The maximum Gasteiger partial charge on any atom is 0.316 e. The van der Waals surface area contributed by atoms with Crippen molar-refractivity contribution in [3.05, 3.63) is 23.9 Å². The third kappa shape index (κ3) is 6.59. The van der Waals surface area contributed by atoms with Gasteiger partial charge in [-0.25, -0.2) is 4.98 Å². The van der Waals surface area contributed by atoms with Crippen LogP contribution in [0.4, 0.5) is 0 Å². The Hall–Kier alpha value is -1.07.